The van der Waals surface area contributed by atoms with E-state index in [4.69, 9.17) is 27.9 Å². The first-order chi connectivity index (χ1) is 12.0. The Bertz CT molecular complexity index is 799. The van der Waals surface area contributed by atoms with Gasteiger partial charge in [0.15, 0.2) is 11.6 Å². The van der Waals surface area contributed by atoms with Crippen LogP contribution in [0.4, 0.5) is 0 Å². The Morgan fingerprint density at radius 3 is 2.72 bits per heavy atom. The van der Waals surface area contributed by atoms with Crippen LogP contribution in [-0.2, 0) is 4.79 Å². The van der Waals surface area contributed by atoms with Gasteiger partial charge in [0, 0.05) is 5.02 Å². The van der Waals surface area contributed by atoms with Crippen molar-refractivity contribution in [3.8, 4) is 5.75 Å². The fraction of sp³-hybridized carbons (Fsp3) is 0.167. The van der Waals surface area contributed by atoms with Crippen LogP contribution >= 0.6 is 35.0 Å². The Balaban J connectivity index is 1.54. The predicted molar refractivity (Wildman–Crippen MR) is 104 cm³/mol. The van der Waals surface area contributed by atoms with Crippen LogP contribution in [0.25, 0.3) is 5.70 Å². The molecule has 0 unspecified atom stereocenters. The summed E-state index contributed by atoms with van der Waals surface area (Å²) in [6.07, 6.45) is -0.693. The third-order valence-corrected chi connectivity index (χ3v) is 4.94. The Morgan fingerprint density at radius 1 is 1.24 bits per heavy atom. The molecule has 2 aromatic rings. The van der Waals surface area contributed by atoms with Crippen molar-refractivity contribution >= 4 is 46.6 Å². The minimum Gasteiger partial charge on any atom is -0.479 e. The molecule has 130 valence electrons. The number of carbonyl (C=O) groups is 1. The lowest BCUT2D eigenvalue weighted by Crippen LogP contribution is -2.45. The molecule has 0 saturated carbocycles. The van der Waals surface area contributed by atoms with Crippen LogP contribution in [0.1, 0.15) is 12.5 Å². The molecule has 1 aliphatic rings. The number of halogens is 2. The largest absolute Gasteiger partial charge is 0.479 e. The fourth-order valence-corrected chi connectivity index (χ4v) is 3.55. The lowest BCUT2D eigenvalue weighted by molar-refractivity contribution is -0.127. The number of ether oxygens (including phenoxy) is 1. The molecule has 2 N–H and O–H groups in total. The van der Waals surface area contributed by atoms with Crippen molar-refractivity contribution in [2.45, 2.75) is 18.5 Å². The average molecular weight is 395 g/mol. The highest BCUT2D eigenvalue weighted by Crippen LogP contribution is 2.29. The molecule has 0 bridgehead atoms. The van der Waals surface area contributed by atoms with E-state index in [0.717, 1.165) is 11.3 Å². The van der Waals surface area contributed by atoms with Gasteiger partial charge in [-0.2, -0.15) is 0 Å². The van der Waals surface area contributed by atoms with Crippen LogP contribution in [0.15, 0.2) is 53.9 Å². The zero-order valence-electron chi connectivity index (χ0n) is 13.3. The molecule has 1 aliphatic heterocycles. The SMILES string of the molecule is C[C@@H](Oc1ccc(Cl)cc1Cl)C(=O)N[C@H]1NC(c2ccccc2)=CS1. The number of amides is 1. The van der Waals surface area contributed by atoms with Gasteiger partial charge in [0.05, 0.1) is 10.7 Å². The number of hydrogen-bond acceptors (Lipinski definition) is 4. The maximum absolute atomic E-state index is 12.3. The summed E-state index contributed by atoms with van der Waals surface area (Å²) in [6, 6.07) is 14.8. The number of nitrogens with one attached hydrogen (secondary N) is 2. The minimum absolute atomic E-state index is 0.237. The molecule has 0 radical (unpaired) electrons. The van der Waals surface area contributed by atoms with Gasteiger partial charge in [-0.15, -0.1) is 0 Å². The molecular weight excluding hydrogens is 379 g/mol. The third kappa shape index (κ3) is 4.63. The van der Waals surface area contributed by atoms with Crippen LogP contribution < -0.4 is 15.4 Å². The van der Waals surface area contributed by atoms with Gasteiger partial charge < -0.3 is 15.4 Å². The van der Waals surface area contributed by atoms with Gasteiger partial charge in [-0.1, -0.05) is 65.3 Å². The Labute approximate surface area is 160 Å². The summed E-state index contributed by atoms with van der Waals surface area (Å²) < 4.78 is 5.63. The highest BCUT2D eigenvalue weighted by Gasteiger charge is 2.23. The van der Waals surface area contributed by atoms with Crippen molar-refractivity contribution in [2.75, 3.05) is 0 Å². The third-order valence-electron chi connectivity index (χ3n) is 3.53. The van der Waals surface area contributed by atoms with Gasteiger partial charge in [0.2, 0.25) is 0 Å². The first-order valence-electron chi connectivity index (χ1n) is 7.62. The van der Waals surface area contributed by atoms with Crippen molar-refractivity contribution < 1.29 is 9.53 Å². The van der Waals surface area contributed by atoms with E-state index in [1.807, 2.05) is 35.7 Å². The van der Waals surface area contributed by atoms with Crippen LogP contribution in [-0.4, -0.2) is 17.5 Å². The lowest BCUT2D eigenvalue weighted by atomic mass is 10.2. The second-order valence-corrected chi connectivity index (χ2v) is 7.22. The molecule has 25 heavy (non-hydrogen) atoms. The standard InChI is InChI=1S/C18H16Cl2N2O2S/c1-11(24-16-8-7-13(19)9-14(16)20)17(23)22-18-21-15(10-25-18)12-5-3-2-4-6-12/h2-11,18,21H,1H3,(H,22,23)/t11-,18-/m1/s1. The fourth-order valence-electron chi connectivity index (χ4n) is 2.25. The van der Waals surface area contributed by atoms with Crippen molar-refractivity contribution in [1.29, 1.82) is 0 Å². The van der Waals surface area contributed by atoms with Gasteiger partial charge >= 0.3 is 0 Å². The van der Waals surface area contributed by atoms with E-state index < -0.39 is 6.10 Å². The van der Waals surface area contributed by atoms with Crippen molar-refractivity contribution in [2.24, 2.45) is 0 Å². The van der Waals surface area contributed by atoms with Crippen molar-refractivity contribution in [3.63, 3.8) is 0 Å². The first-order valence-corrected chi connectivity index (χ1v) is 9.32. The van der Waals surface area contributed by atoms with Gasteiger partial charge in [-0.25, -0.2) is 0 Å². The zero-order chi connectivity index (χ0) is 17.8. The molecule has 3 rings (SSSR count). The number of rotatable bonds is 5. The topological polar surface area (TPSA) is 50.4 Å². The summed E-state index contributed by atoms with van der Waals surface area (Å²) in [5, 5.41) is 9.04. The lowest BCUT2D eigenvalue weighted by Gasteiger charge is -2.19. The normalized spacial score (nSPS) is 17.4. The summed E-state index contributed by atoms with van der Waals surface area (Å²) >= 11 is 13.4. The maximum Gasteiger partial charge on any atom is 0.263 e. The van der Waals surface area contributed by atoms with E-state index in [-0.39, 0.29) is 11.4 Å². The molecule has 0 fully saturated rings. The molecule has 0 aromatic heterocycles. The van der Waals surface area contributed by atoms with Crippen LogP contribution in [0, 0.1) is 0 Å². The van der Waals surface area contributed by atoms with Crippen LogP contribution in [0.3, 0.4) is 0 Å². The van der Waals surface area contributed by atoms with E-state index >= 15 is 0 Å². The van der Waals surface area contributed by atoms with Crippen LogP contribution in [0.5, 0.6) is 5.75 Å². The molecule has 2 atom stereocenters. The summed E-state index contributed by atoms with van der Waals surface area (Å²) in [5.74, 6) is 0.183. The number of thioether (sulfide) groups is 1. The molecule has 1 heterocycles. The molecule has 7 heteroatoms. The maximum atomic E-state index is 12.3. The first kappa shape index (κ1) is 18.0. The number of carbonyl (C=O) groups excluding carboxylic acids is 1. The van der Waals surface area contributed by atoms with Gasteiger partial charge in [0.1, 0.15) is 5.75 Å². The molecule has 1 amide bonds. The van der Waals surface area contributed by atoms with Gasteiger partial charge in [-0.05, 0) is 36.1 Å². The molecule has 0 aliphatic carbocycles. The Morgan fingerprint density at radius 2 is 2.00 bits per heavy atom. The summed E-state index contributed by atoms with van der Waals surface area (Å²) in [7, 11) is 0. The molecule has 2 aromatic carbocycles. The molecule has 0 spiro atoms. The molecular formula is C18H16Cl2N2O2S. The highest BCUT2D eigenvalue weighted by molar-refractivity contribution is 8.03. The summed E-state index contributed by atoms with van der Waals surface area (Å²) in [5.41, 5.74) is 1.81. The van der Waals surface area contributed by atoms with Crippen LogP contribution in [0.2, 0.25) is 10.0 Å². The average Bonchev–Trinajstić information content (AvgIpc) is 3.06. The van der Waals surface area contributed by atoms with E-state index in [0.29, 0.717) is 15.8 Å². The van der Waals surface area contributed by atoms with Gasteiger partial charge in [0.25, 0.3) is 5.91 Å². The highest BCUT2D eigenvalue weighted by atomic mass is 35.5. The van der Waals surface area contributed by atoms with E-state index in [9.17, 15) is 4.79 Å². The summed E-state index contributed by atoms with van der Waals surface area (Å²) in [6.45, 7) is 1.67. The van der Waals surface area contributed by atoms with E-state index in [1.54, 1.807) is 25.1 Å². The Kier molecular flexibility index (Phi) is 5.78. The summed E-state index contributed by atoms with van der Waals surface area (Å²) in [4.78, 5) is 12.3. The van der Waals surface area contributed by atoms with Crippen molar-refractivity contribution in [3.05, 3.63) is 69.5 Å². The predicted octanol–water partition coefficient (Wildman–Crippen LogP) is 4.50. The quantitative estimate of drug-likeness (QED) is 0.783. The second-order valence-electron chi connectivity index (χ2n) is 5.40. The monoisotopic (exact) mass is 394 g/mol. The minimum atomic E-state index is -0.693. The molecule has 0 saturated heterocycles. The Hall–Kier alpha value is -1.82. The second kappa shape index (κ2) is 8.04. The zero-order valence-corrected chi connectivity index (χ0v) is 15.7. The van der Waals surface area contributed by atoms with Gasteiger partial charge in [-0.3, -0.25) is 4.79 Å². The van der Waals surface area contributed by atoms with E-state index in [1.165, 1.54) is 11.8 Å². The van der Waals surface area contributed by atoms with E-state index in [2.05, 4.69) is 10.6 Å². The number of hydrogen-bond donors (Lipinski definition) is 2. The van der Waals surface area contributed by atoms with Crippen molar-refractivity contribution in [1.82, 2.24) is 10.6 Å². The smallest absolute Gasteiger partial charge is 0.263 e. The number of benzene rings is 2. The molecule has 4 nitrogen and oxygen atoms in total.